The van der Waals surface area contributed by atoms with Gasteiger partial charge < -0.3 is 9.67 Å². The number of hydrogen-bond donors (Lipinski definition) is 3. The van der Waals surface area contributed by atoms with E-state index in [1.807, 2.05) is 11.5 Å². The summed E-state index contributed by atoms with van der Waals surface area (Å²) in [6.45, 7) is 2.74. The molecule has 0 saturated heterocycles. The van der Waals surface area contributed by atoms with E-state index in [0.29, 0.717) is 5.95 Å². The molecule has 2 aromatic rings. The molecule has 5 nitrogen and oxygen atoms in total. The van der Waals surface area contributed by atoms with E-state index in [0.717, 1.165) is 17.6 Å². The van der Waals surface area contributed by atoms with Crippen LogP contribution in [0, 0.1) is 0 Å². The number of aromatic nitrogens is 2. The molecule has 0 amide bonds. The lowest BCUT2D eigenvalue weighted by Gasteiger charge is -2.03. The zero-order chi connectivity index (χ0) is 10.1. The van der Waals surface area contributed by atoms with Crippen molar-refractivity contribution < 1.29 is 5.11 Å². The molecule has 5 heteroatoms. The molecule has 0 atom stereocenters. The SMILES string of the molecule is CCn1c(NN)nc2ccc(O)cc21. The number of rotatable bonds is 2. The van der Waals surface area contributed by atoms with Crippen molar-refractivity contribution in [3.05, 3.63) is 18.2 Å². The summed E-state index contributed by atoms with van der Waals surface area (Å²) in [5.41, 5.74) is 4.22. The highest BCUT2D eigenvalue weighted by Gasteiger charge is 2.08. The number of hydrazine groups is 1. The number of phenols is 1. The Labute approximate surface area is 81.1 Å². The molecule has 0 fully saturated rings. The Morgan fingerprint density at radius 2 is 2.36 bits per heavy atom. The van der Waals surface area contributed by atoms with Gasteiger partial charge in [-0.25, -0.2) is 10.8 Å². The van der Waals surface area contributed by atoms with Gasteiger partial charge in [0.2, 0.25) is 5.95 Å². The first-order valence-electron chi connectivity index (χ1n) is 4.42. The summed E-state index contributed by atoms with van der Waals surface area (Å²) in [5.74, 6) is 6.17. The van der Waals surface area contributed by atoms with Gasteiger partial charge in [0.15, 0.2) is 0 Å². The fourth-order valence-corrected chi connectivity index (χ4v) is 1.54. The molecular weight excluding hydrogens is 180 g/mol. The molecule has 0 aliphatic rings. The maximum Gasteiger partial charge on any atom is 0.218 e. The monoisotopic (exact) mass is 192 g/mol. The van der Waals surface area contributed by atoms with E-state index in [2.05, 4.69) is 10.4 Å². The van der Waals surface area contributed by atoms with Crippen molar-refractivity contribution >= 4 is 17.0 Å². The van der Waals surface area contributed by atoms with Crippen LogP contribution in [0.2, 0.25) is 0 Å². The first-order chi connectivity index (χ1) is 6.76. The average Bonchev–Trinajstić information content (AvgIpc) is 2.54. The van der Waals surface area contributed by atoms with Crippen LogP contribution < -0.4 is 11.3 Å². The van der Waals surface area contributed by atoms with Crippen LogP contribution in [0.5, 0.6) is 5.75 Å². The molecule has 4 N–H and O–H groups in total. The Kier molecular flexibility index (Phi) is 2.01. The van der Waals surface area contributed by atoms with Gasteiger partial charge in [-0.2, -0.15) is 0 Å². The summed E-state index contributed by atoms with van der Waals surface area (Å²) in [7, 11) is 0. The number of nitrogen functional groups attached to an aromatic ring is 1. The van der Waals surface area contributed by atoms with Crippen molar-refractivity contribution in [2.75, 3.05) is 5.43 Å². The lowest BCUT2D eigenvalue weighted by atomic mass is 10.3. The van der Waals surface area contributed by atoms with E-state index >= 15 is 0 Å². The van der Waals surface area contributed by atoms with E-state index < -0.39 is 0 Å². The minimum absolute atomic E-state index is 0.232. The van der Waals surface area contributed by atoms with Crippen LogP contribution in [0.25, 0.3) is 11.0 Å². The minimum atomic E-state index is 0.232. The standard InChI is InChI=1S/C9H12N4O/c1-2-13-8-5-6(14)3-4-7(8)11-9(13)12-10/h3-5,14H,2,10H2,1H3,(H,11,12). The van der Waals surface area contributed by atoms with Gasteiger partial charge in [-0.15, -0.1) is 0 Å². The number of anilines is 1. The van der Waals surface area contributed by atoms with Crippen LogP contribution in [0.1, 0.15) is 6.92 Å². The minimum Gasteiger partial charge on any atom is -0.508 e. The van der Waals surface area contributed by atoms with Crippen LogP contribution in [0.15, 0.2) is 18.2 Å². The molecule has 0 spiro atoms. The van der Waals surface area contributed by atoms with Crippen molar-refractivity contribution in [1.82, 2.24) is 9.55 Å². The predicted molar refractivity (Wildman–Crippen MR) is 54.9 cm³/mol. The van der Waals surface area contributed by atoms with Crippen molar-refractivity contribution in [2.24, 2.45) is 5.84 Å². The number of imidazole rings is 1. The van der Waals surface area contributed by atoms with Gasteiger partial charge in [0, 0.05) is 12.6 Å². The summed E-state index contributed by atoms with van der Waals surface area (Å²) in [6, 6.07) is 5.04. The summed E-state index contributed by atoms with van der Waals surface area (Å²) in [5, 5.41) is 9.34. The molecule has 1 aromatic carbocycles. The van der Waals surface area contributed by atoms with Crippen LogP contribution >= 0.6 is 0 Å². The van der Waals surface area contributed by atoms with Gasteiger partial charge in [0.1, 0.15) is 5.75 Å². The highest BCUT2D eigenvalue weighted by Crippen LogP contribution is 2.22. The van der Waals surface area contributed by atoms with Crippen LogP contribution in [0.4, 0.5) is 5.95 Å². The second-order valence-corrected chi connectivity index (χ2v) is 3.00. The van der Waals surface area contributed by atoms with E-state index in [1.165, 1.54) is 0 Å². The van der Waals surface area contributed by atoms with Crippen molar-refractivity contribution in [2.45, 2.75) is 13.5 Å². The zero-order valence-corrected chi connectivity index (χ0v) is 7.86. The summed E-state index contributed by atoms with van der Waals surface area (Å²) in [4.78, 5) is 4.26. The fourth-order valence-electron chi connectivity index (χ4n) is 1.54. The average molecular weight is 192 g/mol. The molecular formula is C9H12N4O. The molecule has 1 aromatic heterocycles. The van der Waals surface area contributed by atoms with Crippen molar-refractivity contribution in [3.63, 3.8) is 0 Å². The molecule has 74 valence electrons. The Morgan fingerprint density at radius 3 is 3.00 bits per heavy atom. The molecule has 0 unspecified atom stereocenters. The molecule has 0 aliphatic carbocycles. The second-order valence-electron chi connectivity index (χ2n) is 3.00. The molecule has 0 bridgehead atoms. The fraction of sp³-hybridized carbons (Fsp3) is 0.222. The maximum atomic E-state index is 9.34. The van der Waals surface area contributed by atoms with E-state index in [-0.39, 0.29) is 5.75 Å². The second kappa shape index (κ2) is 3.19. The normalized spacial score (nSPS) is 10.7. The smallest absolute Gasteiger partial charge is 0.218 e. The molecule has 0 aliphatic heterocycles. The van der Waals surface area contributed by atoms with Crippen LogP contribution in [0.3, 0.4) is 0 Å². The molecule has 1 heterocycles. The van der Waals surface area contributed by atoms with Crippen molar-refractivity contribution in [1.29, 1.82) is 0 Å². The number of hydrogen-bond acceptors (Lipinski definition) is 4. The number of nitrogens with zero attached hydrogens (tertiary/aromatic N) is 2. The predicted octanol–water partition coefficient (Wildman–Crippen LogP) is 1.05. The van der Waals surface area contributed by atoms with Crippen molar-refractivity contribution in [3.8, 4) is 5.75 Å². The number of fused-ring (bicyclic) bond motifs is 1. The highest BCUT2D eigenvalue weighted by molar-refractivity contribution is 5.80. The Balaban J connectivity index is 2.74. The number of aryl methyl sites for hydroxylation is 1. The molecule has 0 saturated carbocycles. The largest absolute Gasteiger partial charge is 0.508 e. The Bertz CT molecular complexity index is 463. The third-order valence-electron chi connectivity index (χ3n) is 2.18. The van der Waals surface area contributed by atoms with E-state index in [4.69, 9.17) is 5.84 Å². The summed E-state index contributed by atoms with van der Waals surface area (Å²) < 4.78 is 1.90. The zero-order valence-electron chi connectivity index (χ0n) is 7.86. The Hall–Kier alpha value is -1.75. The van der Waals surface area contributed by atoms with Gasteiger partial charge in [-0.05, 0) is 19.1 Å². The third-order valence-corrected chi connectivity index (χ3v) is 2.18. The van der Waals surface area contributed by atoms with Crippen LogP contribution in [-0.4, -0.2) is 14.7 Å². The number of aromatic hydroxyl groups is 1. The van der Waals surface area contributed by atoms with E-state index in [1.54, 1.807) is 18.2 Å². The number of nitrogens with two attached hydrogens (primary N) is 1. The van der Waals surface area contributed by atoms with Gasteiger partial charge in [0.25, 0.3) is 0 Å². The number of phenolic OH excluding ortho intramolecular Hbond substituents is 1. The first-order valence-corrected chi connectivity index (χ1v) is 4.42. The maximum absolute atomic E-state index is 9.34. The van der Waals surface area contributed by atoms with Gasteiger partial charge in [0.05, 0.1) is 11.0 Å². The molecule has 2 rings (SSSR count). The third kappa shape index (κ3) is 1.18. The van der Waals surface area contributed by atoms with Gasteiger partial charge in [-0.3, -0.25) is 5.43 Å². The van der Waals surface area contributed by atoms with Gasteiger partial charge >= 0.3 is 0 Å². The van der Waals surface area contributed by atoms with Gasteiger partial charge in [-0.1, -0.05) is 0 Å². The lowest BCUT2D eigenvalue weighted by molar-refractivity contribution is 0.476. The van der Waals surface area contributed by atoms with E-state index in [9.17, 15) is 5.11 Å². The number of benzene rings is 1. The molecule has 0 radical (unpaired) electrons. The summed E-state index contributed by atoms with van der Waals surface area (Å²) >= 11 is 0. The first kappa shape index (κ1) is 8.83. The topological polar surface area (TPSA) is 76.1 Å². The molecule has 14 heavy (non-hydrogen) atoms. The Morgan fingerprint density at radius 1 is 1.57 bits per heavy atom. The highest BCUT2D eigenvalue weighted by atomic mass is 16.3. The lowest BCUT2D eigenvalue weighted by Crippen LogP contribution is -2.12. The summed E-state index contributed by atoms with van der Waals surface area (Å²) in [6.07, 6.45) is 0. The number of nitrogens with one attached hydrogen (secondary N) is 1. The quantitative estimate of drug-likeness (QED) is 0.491. The van der Waals surface area contributed by atoms with Crippen LogP contribution in [-0.2, 0) is 6.54 Å².